The molecular weight excluding hydrogens is 496 g/mol. The van der Waals surface area contributed by atoms with Crippen LogP contribution >= 0.6 is 0 Å². The molecule has 0 amide bonds. The first-order chi connectivity index (χ1) is 17.8. The molecule has 2 aromatic carbocycles. The third-order valence-corrected chi connectivity index (χ3v) is 8.55. The second kappa shape index (κ2) is 10.2. The fourth-order valence-electron chi connectivity index (χ4n) is 4.78. The smallest absolute Gasteiger partial charge is 0.259 e. The van der Waals surface area contributed by atoms with Crippen molar-refractivity contribution in [1.29, 1.82) is 0 Å². The molecule has 37 heavy (non-hydrogen) atoms. The van der Waals surface area contributed by atoms with Gasteiger partial charge in [-0.3, -0.25) is 9.69 Å². The highest BCUT2D eigenvalue weighted by molar-refractivity contribution is 7.91. The summed E-state index contributed by atoms with van der Waals surface area (Å²) in [4.78, 5) is 20.3. The number of rotatable bonds is 8. The van der Waals surface area contributed by atoms with Crippen LogP contribution in [0.25, 0.3) is 16.6 Å². The number of aromatic nitrogens is 4. The van der Waals surface area contributed by atoms with Crippen LogP contribution in [0.5, 0.6) is 0 Å². The van der Waals surface area contributed by atoms with E-state index in [0.29, 0.717) is 29.7 Å². The van der Waals surface area contributed by atoms with Gasteiger partial charge < -0.3 is 19.7 Å². The minimum Gasteiger partial charge on any atom is -0.394 e. The largest absolute Gasteiger partial charge is 0.394 e. The van der Waals surface area contributed by atoms with Crippen LogP contribution < -0.4 is 10.5 Å². The number of hydrogen-bond donors (Lipinski definition) is 2. The first-order valence-electron chi connectivity index (χ1n) is 12.2. The van der Waals surface area contributed by atoms with Crippen molar-refractivity contribution in [3.8, 4) is 0 Å². The number of piperazine rings is 1. The number of nitrogens with one attached hydrogen (secondary N) is 1. The summed E-state index contributed by atoms with van der Waals surface area (Å²) in [5.74, 6) is 0. The topological polar surface area (TPSA) is 133 Å². The molecule has 5 rings (SSSR count). The van der Waals surface area contributed by atoms with Gasteiger partial charge in [0.25, 0.3) is 5.56 Å². The second-order valence-corrected chi connectivity index (χ2v) is 11.1. The zero-order chi connectivity index (χ0) is 26.2. The summed E-state index contributed by atoms with van der Waals surface area (Å²) in [6, 6.07) is 10.6. The van der Waals surface area contributed by atoms with Gasteiger partial charge in [0.1, 0.15) is 0 Å². The number of H-pyrrole nitrogens is 1. The normalized spacial score (nSPS) is 15.2. The molecule has 11 nitrogen and oxygen atoms in total. The van der Waals surface area contributed by atoms with Crippen LogP contribution in [0.2, 0.25) is 0 Å². The summed E-state index contributed by atoms with van der Waals surface area (Å²) in [6.45, 7) is 8.68. The number of fused-ring (bicyclic) bond motifs is 3. The Morgan fingerprint density at radius 2 is 1.84 bits per heavy atom. The molecular formula is C25H30N6O5S. The number of benzene rings is 2. The molecule has 0 spiro atoms. The second-order valence-electron chi connectivity index (χ2n) is 9.25. The summed E-state index contributed by atoms with van der Waals surface area (Å²) in [7, 11) is -4.01. The maximum Gasteiger partial charge on any atom is 0.259 e. The van der Waals surface area contributed by atoms with E-state index in [9.17, 15) is 13.2 Å². The van der Waals surface area contributed by atoms with Gasteiger partial charge in [-0.15, -0.1) is 5.10 Å². The predicted octanol–water partition coefficient (Wildman–Crippen LogP) is 1.15. The molecule has 1 aliphatic heterocycles. The van der Waals surface area contributed by atoms with Crippen LogP contribution in [0.1, 0.15) is 11.1 Å². The van der Waals surface area contributed by atoms with Crippen molar-refractivity contribution in [2.75, 3.05) is 57.4 Å². The van der Waals surface area contributed by atoms with Crippen LogP contribution in [0, 0.1) is 13.8 Å². The van der Waals surface area contributed by atoms with Gasteiger partial charge >= 0.3 is 0 Å². The van der Waals surface area contributed by atoms with E-state index in [1.54, 1.807) is 31.2 Å². The summed E-state index contributed by atoms with van der Waals surface area (Å²) in [5, 5.41) is 17.1. The van der Waals surface area contributed by atoms with E-state index in [-0.39, 0.29) is 22.2 Å². The molecule has 1 fully saturated rings. The Morgan fingerprint density at radius 3 is 2.57 bits per heavy atom. The molecule has 0 atom stereocenters. The lowest BCUT2D eigenvalue weighted by Crippen LogP contribution is -2.47. The summed E-state index contributed by atoms with van der Waals surface area (Å²) in [6.07, 6.45) is 0. The van der Waals surface area contributed by atoms with E-state index in [1.165, 1.54) is 4.52 Å². The summed E-state index contributed by atoms with van der Waals surface area (Å²) >= 11 is 0. The Kier molecular flexibility index (Phi) is 6.99. The van der Waals surface area contributed by atoms with Gasteiger partial charge in [0.2, 0.25) is 14.9 Å². The maximum atomic E-state index is 13.5. The number of ether oxygens (including phenoxy) is 1. The van der Waals surface area contributed by atoms with Crippen molar-refractivity contribution in [2.45, 2.75) is 23.8 Å². The van der Waals surface area contributed by atoms with E-state index >= 15 is 0 Å². The molecule has 0 aliphatic carbocycles. The van der Waals surface area contributed by atoms with E-state index < -0.39 is 15.4 Å². The lowest BCUT2D eigenvalue weighted by molar-refractivity contribution is 0.0724. The number of anilines is 1. The quantitative estimate of drug-likeness (QED) is 0.324. The monoisotopic (exact) mass is 526 g/mol. The van der Waals surface area contributed by atoms with Crippen LogP contribution in [0.15, 0.2) is 51.1 Å². The highest BCUT2D eigenvalue weighted by atomic mass is 32.2. The van der Waals surface area contributed by atoms with Gasteiger partial charge in [-0.2, -0.15) is 4.52 Å². The SMILES string of the molecule is Cc1ccc(S(=O)(=O)c2nnn3c2[nH]c(=O)c2ccc(N4CCN(CCOCCO)CC4)cc23)c(C)c1. The molecule has 4 aromatic rings. The third kappa shape index (κ3) is 4.85. The van der Waals surface area contributed by atoms with Crippen molar-refractivity contribution in [3.05, 3.63) is 57.9 Å². The van der Waals surface area contributed by atoms with Crippen LogP contribution in [0.3, 0.4) is 0 Å². The van der Waals surface area contributed by atoms with Crippen molar-refractivity contribution >= 4 is 32.1 Å². The highest BCUT2D eigenvalue weighted by Gasteiger charge is 2.28. The molecule has 0 radical (unpaired) electrons. The molecule has 196 valence electrons. The third-order valence-electron chi connectivity index (χ3n) is 6.72. The number of aromatic amines is 1. The molecule has 1 saturated heterocycles. The molecule has 1 aliphatic rings. The van der Waals surface area contributed by atoms with Gasteiger partial charge in [-0.25, -0.2) is 8.42 Å². The Morgan fingerprint density at radius 1 is 1.05 bits per heavy atom. The van der Waals surface area contributed by atoms with Crippen molar-refractivity contribution in [3.63, 3.8) is 0 Å². The molecule has 2 aromatic heterocycles. The molecule has 2 N–H and O–H groups in total. The van der Waals surface area contributed by atoms with E-state index in [2.05, 4.69) is 25.1 Å². The Bertz CT molecular complexity index is 1610. The van der Waals surface area contributed by atoms with Crippen molar-refractivity contribution in [1.82, 2.24) is 24.7 Å². The van der Waals surface area contributed by atoms with Gasteiger partial charge in [0.05, 0.1) is 35.6 Å². The number of nitrogens with zero attached hydrogens (tertiary/aromatic N) is 5. The lowest BCUT2D eigenvalue weighted by atomic mass is 10.2. The maximum absolute atomic E-state index is 13.5. The van der Waals surface area contributed by atoms with Crippen LogP contribution in [-0.2, 0) is 14.6 Å². The Hall–Kier alpha value is -3.32. The first-order valence-corrected chi connectivity index (χ1v) is 13.7. The van der Waals surface area contributed by atoms with E-state index in [4.69, 9.17) is 9.84 Å². The molecule has 0 saturated carbocycles. The highest BCUT2D eigenvalue weighted by Crippen LogP contribution is 2.27. The van der Waals surface area contributed by atoms with Crippen LogP contribution in [0.4, 0.5) is 5.69 Å². The van der Waals surface area contributed by atoms with Crippen molar-refractivity contribution < 1.29 is 18.3 Å². The Labute approximate surface area is 214 Å². The first kappa shape index (κ1) is 25.3. The lowest BCUT2D eigenvalue weighted by Gasteiger charge is -2.36. The fourth-order valence-corrected chi connectivity index (χ4v) is 6.25. The summed E-state index contributed by atoms with van der Waals surface area (Å²) < 4.78 is 33.7. The Balaban J connectivity index is 1.46. The zero-order valence-corrected chi connectivity index (χ0v) is 21.7. The molecule has 0 bridgehead atoms. The average molecular weight is 527 g/mol. The van der Waals surface area contributed by atoms with Crippen LogP contribution in [-0.4, -0.2) is 90.8 Å². The number of sulfone groups is 1. The number of aliphatic hydroxyl groups is 1. The molecule has 12 heteroatoms. The minimum absolute atomic E-state index is 0.0244. The minimum atomic E-state index is -4.01. The van der Waals surface area contributed by atoms with Gasteiger partial charge in [-0.05, 0) is 43.7 Å². The molecule has 3 heterocycles. The van der Waals surface area contributed by atoms with E-state index in [0.717, 1.165) is 44.0 Å². The van der Waals surface area contributed by atoms with Gasteiger partial charge in [0.15, 0.2) is 5.65 Å². The van der Waals surface area contributed by atoms with Gasteiger partial charge in [0, 0.05) is 38.4 Å². The predicted molar refractivity (Wildman–Crippen MR) is 139 cm³/mol. The van der Waals surface area contributed by atoms with E-state index in [1.807, 2.05) is 19.1 Å². The summed E-state index contributed by atoms with van der Waals surface area (Å²) in [5.41, 5.74) is 2.61. The number of hydrogen-bond acceptors (Lipinski definition) is 9. The fraction of sp³-hybridized carbons (Fsp3) is 0.400. The number of aliphatic hydroxyl groups excluding tert-OH is 1. The zero-order valence-electron chi connectivity index (χ0n) is 20.8. The van der Waals surface area contributed by atoms with Gasteiger partial charge in [-0.1, -0.05) is 22.9 Å². The molecule has 0 unspecified atom stereocenters. The average Bonchev–Trinajstić information content (AvgIpc) is 3.31. The van der Waals surface area contributed by atoms with Crippen molar-refractivity contribution in [2.24, 2.45) is 0 Å². The standard InChI is InChI=1S/C25H30N6O5S/c1-17-3-6-22(18(2)15-17)37(34,35)25-23-26-24(33)20-5-4-19(16-21(20)31(23)28-27-25)30-9-7-29(8-10-30)11-13-36-14-12-32/h3-6,15-16,32H,7-14H2,1-2H3,(H,26,33). The number of aryl methyl sites for hydroxylation is 2.